The molecule has 0 aliphatic heterocycles. The van der Waals surface area contributed by atoms with Crippen LogP contribution in [0.4, 0.5) is 5.69 Å². The second-order valence-electron chi connectivity index (χ2n) is 15.6. The van der Waals surface area contributed by atoms with E-state index in [-0.39, 0.29) is 5.41 Å². The number of furan rings is 1. The van der Waals surface area contributed by atoms with Gasteiger partial charge in [0.2, 0.25) is 0 Å². The highest BCUT2D eigenvalue weighted by Gasteiger charge is 2.35. The van der Waals surface area contributed by atoms with E-state index in [4.69, 9.17) is 30.1 Å². The molecule has 3 heterocycles. The molecule has 7 aromatic carbocycles. The summed E-state index contributed by atoms with van der Waals surface area (Å²) in [6.07, 6.45) is 0.671. The Balaban J connectivity index is 1.01. The summed E-state index contributed by atoms with van der Waals surface area (Å²) in [6.45, 7) is 4.58. The average molecular weight is 780 g/mol. The van der Waals surface area contributed by atoms with Crippen molar-refractivity contribution in [3.8, 4) is 45.3 Å². The molecule has 0 atom stereocenters. The van der Waals surface area contributed by atoms with E-state index in [0.29, 0.717) is 29.7 Å². The van der Waals surface area contributed by atoms with Crippen LogP contribution in [0.15, 0.2) is 173 Å². The first-order valence-corrected chi connectivity index (χ1v) is 20.6. The van der Waals surface area contributed by atoms with Gasteiger partial charge in [-0.1, -0.05) is 147 Å². The standard InChI is InChI=1S/C52H37N5OS/c1-52(2)40-21-11-9-18-35(40)36-26-25-34(30-41(36)52)48(53)54-47-37-19-10-12-23-44(37)59-45(47)29-31-24-27-42-39(28-31)46-38(20-13-22-43(46)58-42)51-56-49(32-14-5-3-6-15-32)55-50(57-51)33-16-7-4-8-17-33/h3-28,30H,29H2,1-2H3,(H2,53,54). The Labute approximate surface area is 345 Å². The summed E-state index contributed by atoms with van der Waals surface area (Å²) in [7, 11) is 0. The number of fused-ring (bicyclic) bond motifs is 7. The Morgan fingerprint density at radius 2 is 1.25 bits per heavy atom. The highest BCUT2D eigenvalue weighted by molar-refractivity contribution is 7.19. The SMILES string of the molecule is CC1(C)c2ccccc2-c2ccc(C(N)=Nc3c(Cc4ccc5oc6cccc(-c7nc(-c8ccccc8)nc(-c8ccccc8)n7)c6c5c4)sc4ccccc34)cc21. The summed E-state index contributed by atoms with van der Waals surface area (Å²) in [5.74, 6) is 2.33. The molecule has 282 valence electrons. The van der Waals surface area contributed by atoms with Gasteiger partial charge in [0, 0.05) is 59.8 Å². The van der Waals surface area contributed by atoms with Crippen LogP contribution < -0.4 is 5.73 Å². The zero-order valence-electron chi connectivity index (χ0n) is 32.5. The fourth-order valence-electron chi connectivity index (χ4n) is 8.66. The number of amidine groups is 1. The van der Waals surface area contributed by atoms with Crippen LogP contribution >= 0.6 is 11.3 Å². The van der Waals surface area contributed by atoms with Crippen molar-refractivity contribution in [1.29, 1.82) is 0 Å². The number of rotatable bonds is 7. The number of hydrogen-bond donors (Lipinski definition) is 1. The van der Waals surface area contributed by atoms with Gasteiger partial charge in [-0.2, -0.15) is 0 Å². The molecule has 0 saturated heterocycles. The lowest BCUT2D eigenvalue weighted by Gasteiger charge is -2.21. The predicted molar refractivity (Wildman–Crippen MR) is 242 cm³/mol. The number of hydrogen-bond acceptors (Lipinski definition) is 6. The van der Waals surface area contributed by atoms with Gasteiger partial charge >= 0.3 is 0 Å². The third kappa shape index (κ3) is 5.93. The molecule has 0 spiro atoms. The van der Waals surface area contributed by atoms with Crippen molar-refractivity contribution in [2.75, 3.05) is 0 Å². The molecule has 2 N–H and O–H groups in total. The number of nitrogens with two attached hydrogens (primary N) is 1. The molecule has 6 nitrogen and oxygen atoms in total. The lowest BCUT2D eigenvalue weighted by atomic mass is 9.82. The molecule has 0 unspecified atom stereocenters. The molecule has 0 fully saturated rings. The molecule has 59 heavy (non-hydrogen) atoms. The molecule has 10 aromatic rings. The third-order valence-electron chi connectivity index (χ3n) is 11.6. The molecule has 0 amide bonds. The first kappa shape index (κ1) is 35.0. The lowest BCUT2D eigenvalue weighted by molar-refractivity contribution is 0.660. The number of aromatic nitrogens is 3. The first-order valence-electron chi connectivity index (χ1n) is 19.8. The van der Waals surface area contributed by atoms with Gasteiger partial charge in [-0.3, -0.25) is 0 Å². The zero-order valence-corrected chi connectivity index (χ0v) is 33.3. The highest BCUT2D eigenvalue weighted by Crippen LogP contribution is 2.49. The van der Waals surface area contributed by atoms with E-state index in [1.54, 1.807) is 11.3 Å². The van der Waals surface area contributed by atoms with E-state index in [2.05, 4.69) is 105 Å². The summed E-state index contributed by atoms with van der Waals surface area (Å²) in [5.41, 5.74) is 19.3. The fraction of sp³-hybridized carbons (Fsp3) is 0.0769. The number of aliphatic imine (C=N–C) groups is 1. The topological polar surface area (TPSA) is 90.2 Å². The van der Waals surface area contributed by atoms with Gasteiger partial charge < -0.3 is 10.2 Å². The fourth-order valence-corrected chi connectivity index (χ4v) is 9.84. The van der Waals surface area contributed by atoms with E-state index >= 15 is 0 Å². The smallest absolute Gasteiger partial charge is 0.164 e. The van der Waals surface area contributed by atoms with E-state index in [9.17, 15) is 0 Å². The van der Waals surface area contributed by atoms with Gasteiger partial charge in [0.1, 0.15) is 17.0 Å². The maximum atomic E-state index is 6.94. The minimum absolute atomic E-state index is 0.129. The van der Waals surface area contributed by atoms with Gasteiger partial charge in [-0.05, 0) is 58.1 Å². The Morgan fingerprint density at radius 3 is 2.03 bits per heavy atom. The quantitative estimate of drug-likeness (QED) is 0.128. The molecular formula is C52H37N5OS. The number of nitrogens with zero attached hydrogens (tertiary/aromatic N) is 4. The number of benzene rings is 7. The van der Waals surface area contributed by atoms with Gasteiger partial charge in [0.25, 0.3) is 0 Å². The van der Waals surface area contributed by atoms with E-state index in [0.717, 1.165) is 65.7 Å². The van der Waals surface area contributed by atoms with Crippen LogP contribution in [0, 0.1) is 0 Å². The summed E-state index contributed by atoms with van der Waals surface area (Å²) in [4.78, 5) is 21.4. The van der Waals surface area contributed by atoms with Crippen molar-refractivity contribution in [1.82, 2.24) is 15.0 Å². The van der Waals surface area contributed by atoms with Crippen LogP contribution in [-0.2, 0) is 11.8 Å². The normalized spacial score (nSPS) is 13.3. The minimum atomic E-state index is -0.129. The van der Waals surface area contributed by atoms with Crippen LogP contribution in [0.2, 0.25) is 0 Å². The molecule has 3 aromatic heterocycles. The van der Waals surface area contributed by atoms with Gasteiger partial charge in [-0.15, -0.1) is 11.3 Å². The molecule has 1 aliphatic rings. The second kappa shape index (κ2) is 13.7. The molecule has 1 aliphatic carbocycles. The Kier molecular flexibility index (Phi) is 8.13. The number of thiophene rings is 1. The predicted octanol–water partition coefficient (Wildman–Crippen LogP) is 12.9. The average Bonchev–Trinajstić information content (AvgIpc) is 3.90. The Morgan fingerprint density at radius 1 is 0.593 bits per heavy atom. The van der Waals surface area contributed by atoms with Crippen molar-refractivity contribution in [2.45, 2.75) is 25.7 Å². The third-order valence-corrected chi connectivity index (χ3v) is 12.8. The summed E-state index contributed by atoms with van der Waals surface area (Å²) >= 11 is 1.76. The monoisotopic (exact) mass is 779 g/mol. The zero-order chi connectivity index (χ0) is 39.7. The summed E-state index contributed by atoms with van der Waals surface area (Å²) in [5, 5.41) is 3.07. The minimum Gasteiger partial charge on any atom is -0.456 e. The van der Waals surface area contributed by atoms with Crippen LogP contribution in [0.3, 0.4) is 0 Å². The largest absolute Gasteiger partial charge is 0.456 e. The first-order chi connectivity index (χ1) is 28.9. The lowest BCUT2D eigenvalue weighted by Crippen LogP contribution is -2.18. The molecule has 11 rings (SSSR count). The van der Waals surface area contributed by atoms with Crippen LogP contribution in [-0.4, -0.2) is 20.8 Å². The van der Waals surface area contributed by atoms with Gasteiger partial charge in [0.15, 0.2) is 17.5 Å². The van der Waals surface area contributed by atoms with Crippen molar-refractivity contribution >= 4 is 54.9 Å². The van der Waals surface area contributed by atoms with Crippen molar-refractivity contribution in [3.63, 3.8) is 0 Å². The van der Waals surface area contributed by atoms with Gasteiger partial charge in [-0.25, -0.2) is 19.9 Å². The molecule has 0 bridgehead atoms. The van der Waals surface area contributed by atoms with Gasteiger partial charge in [0.05, 0.1) is 5.69 Å². The molecule has 0 saturated carbocycles. The van der Waals surface area contributed by atoms with Crippen LogP contribution in [0.1, 0.15) is 41.0 Å². The second-order valence-corrected chi connectivity index (χ2v) is 16.8. The van der Waals surface area contributed by atoms with Crippen LogP contribution in [0.25, 0.3) is 77.3 Å². The Hall–Kier alpha value is -7.22. The van der Waals surface area contributed by atoms with Crippen molar-refractivity contribution < 1.29 is 4.42 Å². The van der Waals surface area contributed by atoms with Crippen molar-refractivity contribution in [2.24, 2.45) is 10.7 Å². The maximum absolute atomic E-state index is 6.94. The van der Waals surface area contributed by atoms with Crippen LogP contribution in [0.5, 0.6) is 0 Å². The molecule has 7 heteroatoms. The van der Waals surface area contributed by atoms with Crippen molar-refractivity contribution in [3.05, 3.63) is 191 Å². The van der Waals surface area contributed by atoms with E-state index in [1.165, 1.54) is 27.0 Å². The van der Waals surface area contributed by atoms with E-state index in [1.807, 2.05) is 72.8 Å². The highest BCUT2D eigenvalue weighted by atomic mass is 32.1. The molecule has 0 radical (unpaired) electrons. The summed E-state index contributed by atoms with van der Waals surface area (Å²) in [6, 6.07) is 56.3. The maximum Gasteiger partial charge on any atom is 0.164 e. The Bertz CT molecular complexity index is 3230. The van der Waals surface area contributed by atoms with E-state index < -0.39 is 0 Å². The summed E-state index contributed by atoms with van der Waals surface area (Å²) < 4.78 is 7.66. The molecular weight excluding hydrogens is 743 g/mol.